The van der Waals surface area contributed by atoms with Crippen molar-refractivity contribution >= 4 is 33.0 Å². The predicted octanol–water partition coefficient (Wildman–Crippen LogP) is 8.48. The van der Waals surface area contributed by atoms with Gasteiger partial charge >= 0.3 is 5.97 Å². The van der Waals surface area contributed by atoms with Crippen molar-refractivity contribution < 1.29 is 14.6 Å². The van der Waals surface area contributed by atoms with Crippen LogP contribution in [-0.4, -0.2) is 17.7 Å². The highest BCUT2D eigenvalue weighted by molar-refractivity contribution is 7.20. The van der Waals surface area contributed by atoms with Crippen LogP contribution in [0.1, 0.15) is 82.2 Å². The Kier molecular flexibility index (Phi) is 7.78. The van der Waals surface area contributed by atoms with Crippen LogP contribution >= 0.6 is 11.3 Å². The van der Waals surface area contributed by atoms with Gasteiger partial charge in [-0.3, -0.25) is 0 Å². The number of hydrogen-bond acceptors (Lipinski definition) is 3. The molecule has 0 aliphatic rings. The zero-order valence-corrected chi connectivity index (χ0v) is 20.8. The van der Waals surface area contributed by atoms with Gasteiger partial charge < -0.3 is 9.84 Å². The number of rotatable bonds is 9. The van der Waals surface area contributed by atoms with Gasteiger partial charge in [-0.25, -0.2) is 4.79 Å². The second-order valence-corrected chi connectivity index (χ2v) is 10.1. The molecule has 0 atom stereocenters. The van der Waals surface area contributed by atoms with Crippen molar-refractivity contribution in [3.8, 4) is 16.9 Å². The second kappa shape index (κ2) is 10.4. The quantitative estimate of drug-likeness (QED) is 0.263. The van der Waals surface area contributed by atoms with Gasteiger partial charge in [-0.1, -0.05) is 59.2 Å². The number of benzene rings is 2. The molecule has 0 saturated heterocycles. The molecule has 0 spiro atoms. The molecule has 3 nitrogen and oxygen atoms in total. The minimum Gasteiger partial charge on any atom is -0.493 e. The van der Waals surface area contributed by atoms with Crippen molar-refractivity contribution in [2.75, 3.05) is 6.61 Å². The Hall–Kier alpha value is -2.59. The summed E-state index contributed by atoms with van der Waals surface area (Å²) in [5, 5.41) is 10.3. The third kappa shape index (κ3) is 5.24. The number of carbonyl (C=O) groups is 1. The topological polar surface area (TPSA) is 46.5 Å². The summed E-state index contributed by atoms with van der Waals surface area (Å²) >= 11 is 1.63. The van der Waals surface area contributed by atoms with E-state index in [0.29, 0.717) is 18.4 Å². The van der Waals surface area contributed by atoms with E-state index in [2.05, 4.69) is 71.0 Å². The largest absolute Gasteiger partial charge is 0.493 e. The smallest absolute Gasteiger partial charge is 0.328 e. The van der Waals surface area contributed by atoms with Gasteiger partial charge in [0, 0.05) is 26.6 Å². The van der Waals surface area contributed by atoms with E-state index in [1.165, 1.54) is 17.2 Å². The van der Waals surface area contributed by atoms with Crippen LogP contribution in [0.25, 0.3) is 26.8 Å². The van der Waals surface area contributed by atoms with E-state index in [9.17, 15) is 4.79 Å². The lowest BCUT2D eigenvalue weighted by Gasteiger charge is -2.22. The molecule has 0 saturated carbocycles. The van der Waals surface area contributed by atoms with Crippen LogP contribution in [-0.2, 0) is 4.79 Å². The summed E-state index contributed by atoms with van der Waals surface area (Å²) in [4.78, 5) is 12.1. The Labute approximate surface area is 195 Å². The van der Waals surface area contributed by atoms with Gasteiger partial charge in [0.1, 0.15) is 5.75 Å². The molecule has 0 aliphatic heterocycles. The molecule has 1 heterocycles. The van der Waals surface area contributed by atoms with Crippen molar-refractivity contribution in [3.63, 3.8) is 0 Å². The van der Waals surface area contributed by atoms with Crippen LogP contribution in [0, 0.1) is 0 Å². The first-order chi connectivity index (χ1) is 15.2. The molecular weight excluding hydrogens is 416 g/mol. The Bertz CT molecular complexity index is 1140. The van der Waals surface area contributed by atoms with Gasteiger partial charge in [0.15, 0.2) is 0 Å². The molecule has 0 fully saturated rings. The third-order valence-electron chi connectivity index (χ3n) is 5.75. The Balaban J connectivity index is 2.27. The van der Waals surface area contributed by atoms with E-state index in [1.807, 2.05) is 6.92 Å². The monoisotopic (exact) mass is 450 g/mol. The van der Waals surface area contributed by atoms with Crippen LogP contribution in [0.3, 0.4) is 0 Å². The van der Waals surface area contributed by atoms with Gasteiger partial charge in [-0.2, -0.15) is 0 Å². The summed E-state index contributed by atoms with van der Waals surface area (Å²) in [6.07, 6.45) is 3.39. The molecule has 170 valence electrons. The van der Waals surface area contributed by atoms with Crippen LogP contribution in [0.4, 0.5) is 0 Å². The van der Waals surface area contributed by atoms with Gasteiger partial charge in [0.25, 0.3) is 0 Å². The van der Waals surface area contributed by atoms with E-state index in [4.69, 9.17) is 9.84 Å². The number of carboxylic acid groups (broad SMARTS) is 1. The highest BCUT2D eigenvalue weighted by atomic mass is 32.1. The van der Waals surface area contributed by atoms with E-state index in [0.717, 1.165) is 50.3 Å². The maximum Gasteiger partial charge on any atom is 0.328 e. The van der Waals surface area contributed by atoms with Crippen molar-refractivity contribution in [2.24, 2.45) is 0 Å². The summed E-state index contributed by atoms with van der Waals surface area (Å²) in [6.45, 7) is 13.6. The highest BCUT2D eigenvalue weighted by Crippen LogP contribution is 2.44. The zero-order valence-electron chi connectivity index (χ0n) is 20.0. The molecule has 32 heavy (non-hydrogen) atoms. The Morgan fingerprint density at radius 2 is 1.84 bits per heavy atom. The standard InChI is InChI=1S/C28H34O3S/c1-7-8-12-31-28-22(18(4)5)14-20(17(2)3)15-24(28)21-10-9-11-25-23(21)16-26(32-25)19(6)13-27(29)30/h9-11,13-18H,7-8,12H2,1-6H3,(H,29,30)/b19-13-. The van der Waals surface area contributed by atoms with E-state index in [-0.39, 0.29) is 0 Å². The second-order valence-electron chi connectivity index (χ2n) is 8.99. The number of aliphatic carboxylic acids is 1. The Morgan fingerprint density at radius 1 is 1.09 bits per heavy atom. The SMILES string of the molecule is CCCCOc1c(-c2cccc3sc(/C(C)=C\C(=O)O)cc23)cc(C(C)C)cc1C(C)C. The molecule has 0 radical (unpaired) electrons. The van der Waals surface area contributed by atoms with Gasteiger partial charge in [0.2, 0.25) is 0 Å². The molecule has 0 aliphatic carbocycles. The first-order valence-corrected chi connectivity index (χ1v) is 12.3. The molecule has 1 N–H and O–H groups in total. The fourth-order valence-corrected chi connectivity index (χ4v) is 4.92. The van der Waals surface area contributed by atoms with Crippen LogP contribution < -0.4 is 4.74 Å². The molecule has 0 amide bonds. The number of thiophene rings is 1. The lowest BCUT2D eigenvalue weighted by molar-refractivity contribution is -0.131. The molecule has 0 bridgehead atoms. The fourth-order valence-electron chi connectivity index (χ4n) is 3.86. The summed E-state index contributed by atoms with van der Waals surface area (Å²) in [7, 11) is 0. The van der Waals surface area contributed by atoms with Crippen molar-refractivity contribution in [1.82, 2.24) is 0 Å². The summed E-state index contributed by atoms with van der Waals surface area (Å²) in [5.74, 6) is 0.824. The minimum absolute atomic E-state index is 0.349. The Morgan fingerprint density at radius 3 is 2.47 bits per heavy atom. The van der Waals surface area contributed by atoms with Gasteiger partial charge in [-0.15, -0.1) is 11.3 Å². The maximum atomic E-state index is 11.2. The van der Waals surface area contributed by atoms with Crippen LogP contribution in [0.15, 0.2) is 42.5 Å². The van der Waals surface area contributed by atoms with Crippen LogP contribution in [0.2, 0.25) is 0 Å². The number of unbranched alkanes of at least 4 members (excludes halogenated alkanes) is 1. The van der Waals surface area contributed by atoms with Gasteiger partial charge in [-0.05, 0) is 65.6 Å². The number of carboxylic acids is 1. The zero-order chi connectivity index (χ0) is 23.4. The molecule has 0 unspecified atom stereocenters. The van der Waals surface area contributed by atoms with E-state index < -0.39 is 5.97 Å². The average molecular weight is 451 g/mol. The minimum atomic E-state index is -0.919. The number of hydrogen-bond donors (Lipinski definition) is 1. The molecule has 1 aromatic heterocycles. The lowest BCUT2D eigenvalue weighted by Crippen LogP contribution is -2.05. The first kappa shape index (κ1) is 24.1. The number of fused-ring (bicyclic) bond motifs is 1. The van der Waals surface area contributed by atoms with Crippen molar-refractivity contribution in [3.05, 3.63) is 58.5 Å². The van der Waals surface area contributed by atoms with E-state index >= 15 is 0 Å². The van der Waals surface area contributed by atoms with Crippen LogP contribution in [0.5, 0.6) is 5.75 Å². The summed E-state index contributed by atoms with van der Waals surface area (Å²) in [6, 6.07) is 13.1. The average Bonchev–Trinajstić information content (AvgIpc) is 3.17. The number of allylic oxidation sites excluding steroid dienone is 1. The predicted molar refractivity (Wildman–Crippen MR) is 137 cm³/mol. The first-order valence-electron chi connectivity index (χ1n) is 11.5. The molecule has 3 rings (SSSR count). The summed E-state index contributed by atoms with van der Waals surface area (Å²) < 4.78 is 7.58. The summed E-state index contributed by atoms with van der Waals surface area (Å²) in [5.41, 5.74) is 5.59. The van der Waals surface area contributed by atoms with Crippen molar-refractivity contribution in [2.45, 2.75) is 66.2 Å². The molecular formula is C28H34O3S. The fraction of sp³-hybridized carbons (Fsp3) is 0.393. The molecule has 2 aromatic carbocycles. The molecule has 4 heteroatoms. The number of ether oxygens (including phenoxy) is 1. The lowest BCUT2D eigenvalue weighted by atomic mass is 9.88. The highest BCUT2D eigenvalue weighted by Gasteiger charge is 2.20. The third-order valence-corrected chi connectivity index (χ3v) is 6.99. The van der Waals surface area contributed by atoms with E-state index in [1.54, 1.807) is 11.3 Å². The normalized spacial score (nSPS) is 12.2. The molecule has 3 aromatic rings. The maximum absolute atomic E-state index is 11.2. The van der Waals surface area contributed by atoms with Crippen molar-refractivity contribution in [1.29, 1.82) is 0 Å². The van der Waals surface area contributed by atoms with Gasteiger partial charge in [0.05, 0.1) is 6.61 Å².